The number of nitrogens with one attached hydrogen (secondary N) is 1. The molecule has 1 aliphatic heterocycles. The van der Waals surface area contributed by atoms with Crippen LogP contribution in [-0.2, 0) is 23.4 Å². The summed E-state index contributed by atoms with van der Waals surface area (Å²) in [6.45, 7) is 22.6. The minimum atomic E-state index is -2.06. The molecule has 0 spiro atoms. The van der Waals surface area contributed by atoms with Crippen molar-refractivity contribution in [1.29, 1.82) is 0 Å². The third-order valence-corrected chi connectivity index (χ3v) is 11.7. The van der Waals surface area contributed by atoms with Crippen molar-refractivity contribution in [2.45, 2.75) is 103 Å². The van der Waals surface area contributed by atoms with E-state index in [0.29, 0.717) is 18.5 Å². The molecule has 1 N–H and O–H groups in total. The first-order valence-corrected chi connectivity index (χ1v) is 16.8. The molecule has 0 unspecified atom stereocenters. The highest BCUT2D eigenvalue weighted by Gasteiger charge is 2.45. The Balaban J connectivity index is 2.33. The molecular weight excluding hydrogens is 528 g/mol. The van der Waals surface area contributed by atoms with Crippen molar-refractivity contribution in [3.63, 3.8) is 0 Å². The summed E-state index contributed by atoms with van der Waals surface area (Å²) in [7, 11) is -2.06. The number of hydrogen-bond acceptors (Lipinski definition) is 7. The van der Waals surface area contributed by atoms with Crippen LogP contribution in [0.5, 0.6) is 0 Å². The zero-order chi connectivity index (χ0) is 30.3. The first-order valence-electron chi connectivity index (χ1n) is 13.9. The molecule has 0 saturated carbocycles. The molecule has 0 aliphatic carbocycles. The molecule has 1 aliphatic rings. The Morgan fingerprint density at radius 1 is 1.10 bits per heavy atom. The summed E-state index contributed by atoms with van der Waals surface area (Å²) in [4.78, 5) is 39.5. The van der Waals surface area contributed by atoms with Crippen molar-refractivity contribution >= 4 is 26.5 Å². The molecule has 1 saturated heterocycles. The maximum absolute atomic E-state index is 13.3. The number of rotatable bonds is 10. The molecule has 40 heavy (non-hydrogen) atoms. The third-order valence-electron chi connectivity index (χ3n) is 7.18. The zero-order valence-electron chi connectivity index (χ0n) is 25.7. The number of benzene rings is 1. The van der Waals surface area contributed by atoms with Gasteiger partial charge in [0, 0.05) is 6.54 Å². The van der Waals surface area contributed by atoms with E-state index in [9.17, 15) is 14.4 Å². The van der Waals surface area contributed by atoms with Crippen LogP contribution in [-0.4, -0.2) is 62.8 Å². The SMILES string of the molecule is C=CCOC(=O)N[C@@H](CC(=O)OCC)c1ccc([C@H]2C[C@@H](O[Si](C)(C)C(C)(C)C)CN2C(=O)OC(C)(C)C)cc1. The standard InChI is InChI=1S/C30H48N2O7Si/c1-11-17-37-27(34)31-24(19-26(33)36-12-2)21-13-15-22(16-14-21)25-18-23(39-40(9,10)30(6,7)8)20-32(25)28(35)38-29(3,4)5/h11,13-16,23-25H,1,12,17-20H2,2-10H3,(H,31,34)/t23-,24+,25-/m1/s1. The van der Waals surface area contributed by atoms with Crippen LogP contribution in [0.25, 0.3) is 0 Å². The lowest BCUT2D eigenvalue weighted by molar-refractivity contribution is -0.143. The predicted molar refractivity (Wildman–Crippen MR) is 157 cm³/mol. The van der Waals surface area contributed by atoms with E-state index in [2.05, 4.69) is 45.8 Å². The molecule has 2 amide bonds. The minimum Gasteiger partial charge on any atom is -0.466 e. The van der Waals surface area contributed by atoms with E-state index in [1.54, 1.807) is 11.8 Å². The van der Waals surface area contributed by atoms with Gasteiger partial charge in [0.25, 0.3) is 0 Å². The molecule has 9 nitrogen and oxygen atoms in total. The van der Waals surface area contributed by atoms with Gasteiger partial charge < -0.3 is 24.0 Å². The van der Waals surface area contributed by atoms with Crippen molar-refractivity contribution in [1.82, 2.24) is 10.2 Å². The first-order chi connectivity index (χ1) is 18.5. The van der Waals surface area contributed by atoms with Crippen LogP contribution in [0.1, 0.15) is 84.5 Å². The van der Waals surface area contributed by atoms with Crippen LogP contribution in [0.2, 0.25) is 18.1 Å². The lowest BCUT2D eigenvalue weighted by Crippen LogP contribution is -2.45. The Kier molecular flexibility index (Phi) is 11.4. The smallest absolute Gasteiger partial charge is 0.410 e. The van der Waals surface area contributed by atoms with Crippen molar-refractivity contribution in [3.8, 4) is 0 Å². The summed E-state index contributed by atoms with van der Waals surface area (Å²) in [5.74, 6) is -0.432. The number of nitrogens with zero attached hydrogens (tertiary/aromatic N) is 1. The maximum Gasteiger partial charge on any atom is 0.410 e. The predicted octanol–water partition coefficient (Wildman–Crippen LogP) is 6.67. The third kappa shape index (κ3) is 9.66. The largest absolute Gasteiger partial charge is 0.466 e. The minimum absolute atomic E-state index is 0.0389. The Morgan fingerprint density at radius 3 is 2.25 bits per heavy atom. The summed E-state index contributed by atoms with van der Waals surface area (Å²) in [5.41, 5.74) is 0.999. The summed E-state index contributed by atoms with van der Waals surface area (Å²) in [6.07, 6.45) is 0.909. The number of alkyl carbamates (subject to hydrolysis) is 1. The van der Waals surface area contributed by atoms with Gasteiger partial charge in [-0.15, -0.1) is 0 Å². The van der Waals surface area contributed by atoms with E-state index in [1.165, 1.54) is 6.08 Å². The number of hydrogen-bond donors (Lipinski definition) is 1. The van der Waals surface area contributed by atoms with Crippen molar-refractivity contribution < 1.29 is 33.0 Å². The second kappa shape index (κ2) is 13.7. The molecule has 224 valence electrons. The Hall–Kier alpha value is -2.85. The van der Waals surface area contributed by atoms with Crippen LogP contribution in [0.15, 0.2) is 36.9 Å². The molecular formula is C30H48N2O7Si. The summed E-state index contributed by atoms with van der Waals surface area (Å²) in [6, 6.07) is 6.64. The second-order valence-corrected chi connectivity index (χ2v) is 17.4. The molecule has 1 aromatic rings. The molecule has 1 heterocycles. The van der Waals surface area contributed by atoms with Crippen molar-refractivity contribution in [2.75, 3.05) is 19.8 Å². The Bertz CT molecular complexity index is 1030. The van der Waals surface area contributed by atoms with Gasteiger partial charge in [0.2, 0.25) is 0 Å². The molecule has 1 fully saturated rings. The van der Waals surface area contributed by atoms with Crippen LogP contribution in [0, 0.1) is 0 Å². The summed E-state index contributed by atoms with van der Waals surface area (Å²) < 4.78 is 22.6. The molecule has 10 heteroatoms. The lowest BCUT2D eigenvalue weighted by atomic mass is 9.98. The van der Waals surface area contributed by atoms with E-state index in [4.69, 9.17) is 18.6 Å². The fraction of sp³-hybridized carbons (Fsp3) is 0.633. The number of carbonyl (C=O) groups excluding carboxylic acids is 3. The molecule has 3 atom stereocenters. The highest BCUT2D eigenvalue weighted by Crippen LogP contribution is 2.42. The highest BCUT2D eigenvalue weighted by molar-refractivity contribution is 6.74. The average molecular weight is 577 g/mol. The van der Waals surface area contributed by atoms with Gasteiger partial charge in [0.15, 0.2) is 8.32 Å². The van der Waals surface area contributed by atoms with Gasteiger partial charge in [-0.1, -0.05) is 57.7 Å². The van der Waals surface area contributed by atoms with Gasteiger partial charge in [0.1, 0.15) is 12.2 Å². The van der Waals surface area contributed by atoms with Gasteiger partial charge in [0.05, 0.1) is 31.2 Å². The fourth-order valence-electron chi connectivity index (χ4n) is 4.22. The van der Waals surface area contributed by atoms with Crippen LogP contribution in [0.4, 0.5) is 9.59 Å². The van der Waals surface area contributed by atoms with Gasteiger partial charge in [-0.2, -0.15) is 0 Å². The van der Waals surface area contributed by atoms with E-state index in [-0.39, 0.29) is 42.9 Å². The number of ether oxygens (including phenoxy) is 3. The molecule has 0 bridgehead atoms. The van der Waals surface area contributed by atoms with Gasteiger partial charge in [-0.05, 0) is 63.4 Å². The van der Waals surface area contributed by atoms with Crippen LogP contribution in [0.3, 0.4) is 0 Å². The Labute approximate surface area is 240 Å². The molecule has 0 aromatic heterocycles. The van der Waals surface area contributed by atoms with Gasteiger partial charge in [-0.3, -0.25) is 9.69 Å². The number of carbonyl (C=O) groups is 3. The van der Waals surface area contributed by atoms with E-state index in [1.807, 2.05) is 45.0 Å². The summed E-state index contributed by atoms with van der Waals surface area (Å²) in [5, 5.41) is 2.78. The molecule has 1 aromatic carbocycles. The Morgan fingerprint density at radius 2 is 1.73 bits per heavy atom. The van der Waals surface area contributed by atoms with E-state index < -0.39 is 32.0 Å². The summed E-state index contributed by atoms with van der Waals surface area (Å²) >= 11 is 0. The lowest BCUT2D eigenvalue weighted by Gasteiger charge is -2.38. The van der Waals surface area contributed by atoms with Gasteiger partial charge >= 0.3 is 18.2 Å². The van der Waals surface area contributed by atoms with E-state index >= 15 is 0 Å². The topological polar surface area (TPSA) is 103 Å². The normalized spacial score (nSPS) is 18.6. The highest BCUT2D eigenvalue weighted by atomic mass is 28.4. The average Bonchev–Trinajstić information content (AvgIpc) is 3.24. The fourth-order valence-corrected chi connectivity index (χ4v) is 5.58. The van der Waals surface area contributed by atoms with Gasteiger partial charge in [-0.25, -0.2) is 9.59 Å². The van der Waals surface area contributed by atoms with E-state index in [0.717, 1.165) is 5.56 Å². The maximum atomic E-state index is 13.3. The first kappa shape index (κ1) is 33.4. The molecule has 2 rings (SSSR count). The van der Waals surface area contributed by atoms with Crippen molar-refractivity contribution in [2.24, 2.45) is 0 Å². The monoisotopic (exact) mass is 576 g/mol. The van der Waals surface area contributed by atoms with Crippen LogP contribution < -0.4 is 5.32 Å². The zero-order valence-corrected chi connectivity index (χ0v) is 26.7. The van der Waals surface area contributed by atoms with Crippen molar-refractivity contribution in [3.05, 3.63) is 48.0 Å². The number of esters is 1. The molecule has 0 radical (unpaired) electrons. The number of amides is 2. The quantitative estimate of drug-likeness (QED) is 0.144. The number of likely N-dealkylation sites (tertiary alicyclic amines) is 1. The second-order valence-electron chi connectivity index (χ2n) is 12.6. The van der Waals surface area contributed by atoms with Crippen LogP contribution >= 0.6 is 0 Å².